The second-order valence-corrected chi connectivity index (χ2v) is 10.5. The van der Waals surface area contributed by atoms with E-state index in [0.29, 0.717) is 17.7 Å². The van der Waals surface area contributed by atoms with Gasteiger partial charge in [-0.05, 0) is 71.9 Å². The van der Waals surface area contributed by atoms with E-state index in [1.165, 1.54) is 5.56 Å². The maximum atomic E-state index is 10.1. The standard InChI is InChI=1S/C30H26N2O3S/c1-18(2)23-5-3-4-6-24(23)29-28(25-15-12-21(33)17-26(25)36-29)34-22-13-7-19(8-14-22)9-16-27-31-32-30(35-27)20-10-11-20/h3-9,12-18,20,33H,10-11H2,1-2H3/b16-9+. The van der Waals surface area contributed by atoms with E-state index in [9.17, 15) is 5.11 Å². The lowest BCUT2D eigenvalue weighted by Crippen LogP contribution is -1.92. The van der Waals surface area contributed by atoms with Crippen LogP contribution in [0.4, 0.5) is 0 Å². The van der Waals surface area contributed by atoms with Crippen molar-refractivity contribution in [1.82, 2.24) is 10.2 Å². The Morgan fingerprint density at radius 2 is 1.81 bits per heavy atom. The Morgan fingerprint density at radius 1 is 1.00 bits per heavy atom. The van der Waals surface area contributed by atoms with E-state index in [4.69, 9.17) is 9.15 Å². The number of phenols is 1. The summed E-state index contributed by atoms with van der Waals surface area (Å²) in [4.78, 5) is 1.06. The summed E-state index contributed by atoms with van der Waals surface area (Å²) in [5, 5.41) is 19.3. The molecule has 1 N–H and O–H groups in total. The highest BCUT2D eigenvalue weighted by molar-refractivity contribution is 7.22. The lowest BCUT2D eigenvalue weighted by Gasteiger charge is -2.14. The molecule has 0 radical (unpaired) electrons. The molecular formula is C30H26N2O3S. The molecule has 6 rings (SSSR count). The number of nitrogens with zero attached hydrogens (tertiary/aromatic N) is 2. The van der Waals surface area contributed by atoms with Crippen molar-refractivity contribution >= 4 is 33.6 Å². The molecular weight excluding hydrogens is 468 g/mol. The van der Waals surface area contributed by atoms with Crippen LogP contribution in [0, 0.1) is 0 Å². The highest BCUT2D eigenvalue weighted by Gasteiger charge is 2.29. The van der Waals surface area contributed by atoms with Crippen molar-refractivity contribution in [2.45, 2.75) is 38.5 Å². The summed E-state index contributed by atoms with van der Waals surface area (Å²) in [6, 6.07) is 21.8. The highest BCUT2D eigenvalue weighted by atomic mass is 32.1. The maximum absolute atomic E-state index is 10.1. The fourth-order valence-electron chi connectivity index (χ4n) is 4.29. The summed E-state index contributed by atoms with van der Waals surface area (Å²) in [5.74, 6) is 3.90. The highest BCUT2D eigenvalue weighted by Crippen LogP contribution is 2.48. The van der Waals surface area contributed by atoms with Crippen LogP contribution in [0.1, 0.15) is 61.4 Å². The molecule has 36 heavy (non-hydrogen) atoms. The minimum Gasteiger partial charge on any atom is -0.508 e. The van der Waals surface area contributed by atoms with Crippen LogP contribution in [0.5, 0.6) is 17.2 Å². The number of hydrogen-bond acceptors (Lipinski definition) is 6. The Morgan fingerprint density at radius 3 is 2.58 bits per heavy atom. The SMILES string of the molecule is CC(C)c1ccccc1-c1sc2cc(O)ccc2c1Oc1ccc(/C=C/c2nnc(C3CC3)o2)cc1. The average molecular weight is 495 g/mol. The van der Waals surface area contributed by atoms with Gasteiger partial charge in [0, 0.05) is 22.1 Å². The molecule has 0 bridgehead atoms. The van der Waals surface area contributed by atoms with Crippen LogP contribution >= 0.6 is 11.3 Å². The molecule has 1 aliphatic rings. The monoisotopic (exact) mass is 494 g/mol. The fourth-order valence-corrected chi connectivity index (χ4v) is 5.50. The van der Waals surface area contributed by atoms with Crippen LogP contribution in [-0.4, -0.2) is 15.3 Å². The number of benzene rings is 3. The molecule has 3 aromatic carbocycles. The topological polar surface area (TPSA) is 68.4 Å². The number of fused-ring (bicyclic) bond motifs is 1. The van der Waals surface area contributed by atoms with Crippen LogP contribution in [0.2, 0.25) is 0 Å². The average Bonchev–Trinajstić information content (AvgIpc) is 3.53. The first kappa shape index (κ1) is 22.6. The number of ether oxygens (including phenoxy) is 1. The summed E-state index contributed by atoms with van der Waals surface area (Å²) in [7, 11) is 0. The normalized spacial score (nSPS) is 13.8. The van der Waals surface area contributed by atoms with Crippen LogP contribution in [-0.2, 0) is 0 Å². The number of rotatable bonds is 7. The zero-order valence-corrected chi connectivity index (χ0v) is 21.0. The first-order chi connectivity index (χ1) is 17.5. The molecule has 1 saturated carbocycles. The Bertz CT molecular complexity index is 1560. The van der Waals surface area contributed by atoms with Crippen molar-refractivity contribution in [2.24, 2.45) is 0 Å². The van der Waals surface area contributed by atoms with Gasteiger partial charge in [0.25, 0.3) is 0 Å². The van der Waals surface area contributed by atoms with Gasteiger partial charge >= 0.3 is 0 Å². The van der Waals surface area contributed by atoms with E-state index in [2.05, 4.69) is 48.3 Å². The predicted octanol–water partition coefficient (Wildman–Crippen LogP) is 8.62. The lowest BCUT2D eigenvalue weighted by molar-refractivity contribution is 0.476. The summed E-state index contributed by atoms with van der Waals surface area (Å²) >= 11 is 1.64. The quantitative estimate of drug-likeness (QED) is 0.245. The third kappa shape index (κ3) is 4.52. The fraction of sp³-hybridized carbons (Fsp3) is 0.200. The van der Waals surface area contributed by atoms with Gasteiger partial charge in [0.2, 0.25) is 11.8 Å². The summed E-state index contributed by atoms with van der Waals surface area (Å²) < 4.78 is 13.2. The number of hydrogen-bond donors (Lipinski definition) is 1. The largest absolute Gasteiger partial charge is 0.508 e. The third-order valence-corrected chi connectivity index (χ3v) is 7.52. The van der Waals surface area contributed by atoms with E-state index < -0.39 is 0 Å². The number of phenolic OH excluding ortho intramolecular Hbond substituents is 1. The second-order valence-electron chi connectivity index (χ2n) is 9.44. The Labute approximate surface area is 213 Å². The van der Waals surface area contributed by atoms with E-state index in [1.54, 1.807) is 23.5 Å². The van der Waals surface area contributed by atoms with E-state index in [0.717, 1.165) is 56.3 Å². The zero-order chi connectivity index (χ0) is 24.6. The number of thiophene rings is 1. The van der Waals surface area contributed by atoms with Gasteiger partial charge in [-0.1, -0.05) is 50.2 Å². The van der Waals surface area contributed by atoms with Crippen molar-refractivity contribution in [3.8, 4) is 27.7 Å². The van der Waals surface area contributed by atoms with Gasteiger partial charge in [-0.15, -0.1) is 21.5 Å². The maximum Gasteiger partial charge on any atom is 0.240 e. The first-order valence-corrected chi connectivity index (χ1v) is 13.0. The van der Waals surface area contributed by atoms with Gasteiger partial charge in [-0.2, -0.15) is 0 Å². The summed E-state index contributed by atoms with van der Waals surface area (Å²) in [5.41, 5.74) is 3.44. The minimum absolute atomic E-state index is 0.251. The molecule has 5 aromatic rings. The van der Waals surface area contributed by atoms with Gasteiger partial charge in [-0.25, -0.2) is 0 Å². The molecule has 0 amide bonds. The Kier molecular flexibility index (Phi) is 5.82. The van der Waals surface area contributed by atoms with Crippen molar-refractivity contribution < 1.29 is 14.3 Å². The van der Waals surface area contributed by atoms with Crippen LogP contribution in [0.25, 0.3) is 32.7 Å². The molecule has 0 unspecified atom stereocenters. The molecule has 1 aliphatic carbocycles. The lowest BCUT2D eigenvalue weighted by atomic mass is 9.96. The van der Waals surface area contributed by atoms with Crippen molar-refractivity contribution in [1.29, 1.82) is 0 Å². The number of aromatic hydroxyl groups is 1. The van der Waals surface area contributed by atoms with Gasteiger partial charge < -0.3 is 14.3 Å². The van der Waals surface area contributed by atoms with E-state index in [1.807, 2.05) is 42.5 Å². The zero-order valence-electron chi connectivity index (χ0n) is 20.1. The predicted molar refractivity (Wildman–Crippen MR) is 145 cm³/mol. The van der Waals surface area contributed by atoms with Crippen LogP contribution in [0.3, 0.4) is 0 Å². The van der Waals surface area contributed by atoms with E-state index in [-0.39, 0.29) is 5.75 Å². The molecule has 1 fully saturated rings. The molecule has 2 aromatic heterocycles. The van der Waals surface area contributed by atoms with Gasteiger partial charge in [0.15, 0.2) is 5.75 Å². The molecule has 6 heteroatoms. The third-order valence-electron chi connectivity index (χ3n) is 6.36. The van der Waals surface area contributed by atoms with Crippen LogP contribution in [0.15, 0.2) is 71.1 Å². The Hall–Kier alpha value is -3.90. The minimum atomic E-state index is 0.251. The van der Waals surface area contributed by atoms with Gasteiger partial charge in [0.05, 0.1) is 4.88 Å². The number of aromatic nitrogens is 2. The van der Waals surface area contributed by atoms with Crippen molar-refractivity contribution in [2.75, 3.05) is 0 Å². The van der Waals surface area contributed by atoms with Crippen LogP contribution < -0.4 is 4.74 Å². The molecule has 2 heterocycles. The van der Waals surface area contributed by atoms with Gasteiger partial charge in [0.1, 0.15) is 11.5 Å². The molecule has 180 valence electrons. The molecule has 0 atom stereocenters. The van der Waals surface area contributed by atoms with Crippen molar-refractivity contribution in [3.05, 3.63) is 89.6 Å². The molecule has 5 nitrogen and oxygen atoms in total. The smallest absolute Gasteiger partial charge is 0.240 e. The summed E-state index contributed by atoms with van der Waals surface area (Å²) in [6.45, 7) is 4.40. The van der Waals surface area contributed by atoms with Gasteiger partial charge in [-0.3, -0.25) is 0 Å². The molecule has 0 saturated heterocycles. The first-order valence-electron chi connectivity index (χ1n) is 12.2. The molecule has 0 aliphatic heterocycles. The second kappa shape index (κ2) is 9.28. The molecule has 0 spiro atoms. The van der Waals surface area contributed by atoms with Crippen molar-refractivity contribution in [3.63, 3.8) is 0 Å². The summed E-state index contributed by atoms with van der Waals surface area (Å²) in [6.07, 6.45) is 6.08. The Balaban J connectivity index is 1.31. The van der Waals surface area contributed by atoms with E-state index >= 15 is 0 Å².